The summed E-state index contributed by atoms with van der Waals surface area (Å²) in [4.78, 5) is 38.2. The number of amides is 2. The van der Waals surface area contributed by atoms with Crippen LogP contribution >= 0.6 is 0 Å². The third-order valence-corrected chi connectivity index (χ3v) is 5.68. The van der Waals surface area contributed by atoms with Crippen molar-refractivity contribution in [2.75, 3.05) is 18.4 Å². The third kappa shape index (κ3) is 4.60. The van der Waals surface area contributed by atoms with Gasteiger partial charge in [0.05, 0.1) is 24.0 Å². The van der Waals surface area contributed by atoms with E-state index in [4.69, 9.17) is 5.73 Å². The van der Waals surface area contributed by atoms with Gasteiger partial charge in [-0.2, -0.15) is 0 Å². The fourth-order valence-electron chi connectivity index (χ4n) is 4.11. The van der Waals surface area contributed by atoms with Crippen LogP contribution in [-0.2, 0) is 9.59 Å². The highest BCUT2D eigenvalue weighted by Crippen LogP contribution is 2.31. The fourth-order valence-corrected chi connectivity index (χ4v) is 4.11. The Hall–Kier alpha value is -3.78. The Morgan fingerprint density at radius 3 is 2.50 bits per heavy atom. The number of hydrogen-bond donors (Lipinski definition) is 2. The quantitative estimate of drug-likeness (QED) is 0.622. The van der Waals surface area contributed by atoms with Crippen molar-refractivity contribution in [1.82, 2.24) is 9.47 Å². The fraction of sp³-hybridized carbons (Fsp3) is 0.208. The number of nitrogens with two attached hydrogens (primary N) is 1. The van der Waals surface area contributed by atoms with Crippen LogP contribution in [0.15, 0.2) is 77.7 Å². The first-order valence-corrected chi connectivity index (χ1v) is 10.3. The van der Waals surface area contributed by atoms with Crippen molar-refractivity contribution in [2.24, 2.45) is 5.73 Å². The number of likely N-dealkylation sites (tertiary alicyclic amines) is 1. The van der Waals surface area contributed by atoms with Crippen LogP contribution in [0.3, 0.4) is 0 Å². The van der Waals surface area contributed by atoms with Gasteiger partial charge in [0.15, 0.2) is 0 Å². The van der Waals surface area contributed by atoms with Gasteiger partial charge in [0, 0.05) is 24.9 Å². The molecule has 164 valence electrons. The van der Waals surface area contributed by atoms with E-state index in [-0.39, 0.29) is 23.7 Å². The average molecular weight is 434 g/mol. The van der Waals surface area contributed by atoms with Crippen molar-refractivity contribution < 1.29 is 14.0 Å². The number of rotatable bonds is 6. The maximum atomic E-state index is 14.6. The van der Waals surface area contributed by atoms with Crippen LogP contribution in [0.4, 0.5) is 10.1 Å². The molecule has 1 fully saturated rings. The van der Waals surface area contributed by atoms with Gasteiger partial charge in [0.25, 0.3) is 5.56 Å². The number of anilines is 1. The van der Waals surface area contributed by atoms with Gasteiger partial charge in [-0.25, -0.2) is 4.39 Å². The second-order valence-electron chi connectivity index (χ2n) is 7.81. The Morgan fingerprint density at radius 2 is 1.81 bits per heavy atom. The molecule has 4 rings (SSSR count). The second-order valence-corrected chi connectivity index (χ2v) is 7.81. The molecule has 2 aromatic carbocycles. The lowest BCUT2D eigenvalue weighted by molar-refractivity contribution is -0.123. The van der Waals surface area contributed by atoms with Crippen LogP contribution in [0, 0.1) is 5.82 Å². The van der Waals surface area contributed by atoms with Crippen molar-refractivity contribution in [1.29, 1.82) is 0 Å². The van der Waals surface area contributed by atoms with E-state index in [0.29, 0.717) is 18.7 Å². The van der Waals surface area contributed by atoms with Gasteiger partial charge in [-0.15, -0.1) is 0 Å². The molecule has 3 aromatic rings. The molecular formula is C24H23FN4O3. The summed E-state index contributed by atoms with van der Waals surface area (Å²) in [5.74, 6) is -1.52. The van der Waals surface area contributed by atoms with E-state index >= 15 is 0 Å². The molecule has 1 aliphatic heterocycles. The predicted octanol–water partition coefficient (Wildman–Crippen LogP) is 2.26. The molecule has 0 aliphatic carbocycles. The van der Waals surface area contributed by atoms with Gasteiger partial charge in [-0.1, -0.05) is 36.4 Å². The molecular weight excluding hydrogens is 411 g/mol. The molecule has 0 radical (unpaired) electrons. The van der Waals surface area contributed by atoms with Crippen LogP contribution in [0.2, 0.25) is 0 Å². The zero-order valence-electron chi connectivity index (χ0n) is 17.3. The number of pyridine rings is 1. The van der Waals surface area contributed by atoms with Crippen LogP contribution < -0.4 is 16.6 Å². The summed E-state index contributed by atoms with van der Waals surface area (Å²) < 4.78 is 15.9. The first-order chi connectivity index (χ1) is 15.4. The molecule has 2 heterocycles. The average Bonchev–Trinajstić information content (AvgIpc) is 3.20. The summed E-state index contributed by atoms with van der Waals surface area (Å²) in [6.45, 7) is 0.416. The lowest BCUT2D eigenvalue weighted by Crippen LogP contribution is -2.43. The summed E-state index contributed by atoms with van der Waals surface area (Å²) in [6.07, 6.45) is 2.07. The first-order valence-electron chi connectivity index (χ1n) is 10.3. The van der Waals surface area contributed by atoms with E-state index in [2.05, 4.69) is 5.32 Å². The largest absolute Gasteiger partial charge is 0.368 e. The first kappa shape index (κ1) is 21.5. The summed E-state index contributed by atoms with van der Waals surface area (Å²) in [5, 5.41) is 2.55. The minimum absolute atomic E-state index is 0.00263. The maximum absolute atomic E-state index is 14.6. The van der Waals surface area contributed by atoms with E-state index in [9.17, 15) is 18.8 Å². The molecule has 1 aliphatic rings. The third-order valence-electron chi connectivity index (χ3n) is 5.68. The monoisotopic (exact) mass is 434 g/mol. The minimum atomic E-state index is -0.665. The van der Waals surface area contributed by atoms with Crippen molar-refractivity contribution in [3.05, 3.63) is 94.7 Å². The number of nitrogens with zero attached hydrogens (tertiary/aromatic N) is 2. The standard InChI is InChI=1S/C24H23FN4O3/c25-19-13-18(29-11-5-4-8-23(29)31)9-10-20(19)27-22(30)15-28-14-17(12-21(28)24(26)32)16-6-2-1-3-7-16/h1-11,13,17,21H,12,14-15H2,(H2,26,32)(H,27,30). The highest BCUT2D eigenvalue weighted by atomic mass is 19.1. The molecule has 7 nitrogen and oxygen atoms in total. The van der Waals surface area contributed by atoms with Gasteiger partial charge < -0.3 is 11.1 Å². The van der Waals surface area contributed by atoms with Gasteiger partial charge in [0.1, 0.15) is 5.82 Å². The number of aromatic nitrogens is 1. The van der Waals surface area contributed by atoms with Crippen molar-refractivity contribution in [3.8, 4) is 5.69 Å². The Kier molecular flexibility index (Phi) is 6.13. The number of nitrogens with one attached hydrogen (secondary N) is 1. The van der Waals surface area contributed by atoms with E-state index in [0.717, 1.165) is 5.56 Å². The van der Waals surface area contributed by atoms with Gasteiger partial charge in [-0.05, 0) is 36.1 Å². The highest BCUT2D eigenvalue weighted by Gasteiger charge is 2.37. The highest BCUT2D eigenvalue weighted by molar-refractivity contribution is 5.93. The normalized spacial score (nSPS) is 18.4. The Labute approximate surface area is 184 Å². The van der Waals surface area contributed by atoms with E-state index in [1.807, 2.05) is 30.3 Å². The van der Waals surface area contributed by atoms with Gasteiger partial charge in [0.2, 0.25) is 11.8 Å². The Bertz CT molecular complexity index is 1200. The molecule has 0 spiro atoms. The number of primary amides is 1. The van der Waals surface area contributed by atoms with Gasteiger partial charge in [-0.3, -0.25) is 23.9 Å². The van der Waals surface area contributed by atoms with Crippen molar-refractivity contribution >= 4 is 17.5 Å². The van der Waals surface area contributed by atoms with Crippen LogP contribution in [-0.4, -0.2) is 40.4 Å². The summed E-state index contributed by atoms with van der Waals surface area (Å²) in [7, 11) is 0. The van der Waals surface area contributed by atoms with E-state index in [1.165, 1.54) is 29.0 Å². The molecule has 1 saturated heterocycles. The van der Waals surface area contributed by atoms with E-state index < -0.39 is 23.7 Å². The number of carbonyl (C=O) groups is 2. The Morgan fingerprint density at radius 1 is 1.06 bits per heavy atom. The SMILES string of the molecule is NC(=O)C1CC(c2ccccc2)CN1CC(=O)Nc1ccc(-n2ccccc2=O)cc1F. The molecule has 3 N–H and O–H groups in total. The van der Waals surface area contributed by atoms with E-state index in [1.54, 1.807) is 23.1 Å². The molecule has 32 heavy (non-hydrogen) atoms. The zero-order valence-corrected chi connectivity index (χ0v) is 17.3. The summed E-state index contributed by atoms with van der Waals surface area (Å²) >= 11 is 0. The molecule has 2 atom stereocenters. The van der Waals surface area contributed by atoms with Crippen LogP contribution in [0.1, 0.15) is 17.9 Å². The lowest BCUT2D eigenvalue weighted by atomic mass is 9.96. The minimum Gasteiger partial charge on any atom is -0.368 e. The second kappa shape index (κ2) is 9.15. The predicted molar refractivity (Wildman–Crippen MR) is 119 cm³/mol. The molecule has 1 aromatic heterocycles. The molecule has 2 unspecified atom stereocenters. The van der Waals surface area contributed by atoms with Gasteiger partial charge >= 0.3 is 0 Å². The van der Waals surface area contributed by atoms with Crippen LogP contribution in [0.25, 0.3) is 5.69 Å². The molecule has 8 heteroatoms. The smallest absolute Gasteiger partial charge is 0.255 e. The van der Waals surface area contributed by atoms with Crippen molar-refractivity contribution in [2.45, 2.75) is 18.4 Å². The number of halogens is 1. The molecule has 0 bridgehead atoms. The molecule has 2 amide bonds. The van der Waals surface area contributed by atoms with Crippen molar-refractivity contribution in [3.63, 3.8) is 0 Å². The number of hydrogen-bond acceptors (Lipinski definition) is 4. The Balaban J connectivity index is 1.45. The zero-order chi connectivity index (χ0) is 22.7. The van der Waals surface area contributed by atoms with Crippen LogP contribution in [0.5, 0.6) is 0 Å². The molecule has 0 saturated carbocycles. The maximum Gasteiger partial charge on any atom is 0.255 e. The topological polar surface area (TPSA) is 97.4 Å². The lowest BCUT2D eigenvalue weighted by Gasteiger charge is -2.21. The number of carbonyl (C=O) groups excluding carboxylic acids is 2. The number of benzene rings is 2. The summed E-state index contributed by atoms with van der Waals surface area (Å²) in [6, 6.07) is 18.0. The summed E-state index contributed by atoms with van der Waals surface area (Å²) in [5.41, 5.74) is 6.71.